The molecule has 0 aromatic carbocycles. The fourth-order valence-electron chi connectivity index (χ4n) is 3.66. The van der Waals surface area contributed by atoms with Crippen LogP contribution in [0.25, 0.3) is 0 Å². The van der Waals surface area contributed by atoms with E-state index in [1.807, 2.05) is 6.92 Å². The highest BCUT2D eigenvalue weighted by Gasteiger charge is 2.41. The van der Waals surface area contributed by atoms with Crippen LogP contribution in [-0.2, 0) is 0 Å². The van der Waals surface area contributed by atoms with Gasteiger partial charge in [0.1, 0.15) is 6.04 Å². The summed E-state index contributed by atoms with van der Waals surface area (Å²) in [5.41, 5.74) is 0. The molecule has 2 fully saturated rings. The monoisotopic (exact) mass is 377 g/mol. The molecular formula is C18H34F3N5. The zero-order chi connectivity index (χ0) is 19.2. The van der Waals surface area contributed by atoms with Crippen LogP contribution in [0.1, 0.15) is 33.6 Å². The summed E-state index contributed by atoms with van der Waals surface area (Å²) in [5, 5.41) is 3.30. The van der Waals surface area contributed by atoms with Gasteiger partial charge in [-0.3, -0.25) is 9.89 Å². The van der Waals surface area contributed by atoms with Crippen molar-refractivity contribution in [2.45, 2.75) is 45.8 Å². The van der Waals surface area contributed by atoms with E-state index in [-0.39, 0.29) is 0 Å². The minimum Gasteiger partial charge on any atom is -0.357 e. The van der Waals surface area contributed by atoms with E-state index in [2.05, 4.69) is 22.0 Å². The number of halogens is 3. The van der Waals surface area contributed by atoms with Gasteiger partial charge in [-0.25, -0.2) is 0 Å². The first-order chi connectivity index (χ1) is 12.3. The molecule has 0 spiro atoms. The lowest BCUT2D eigenvalue weighted by molar-refractivity contribution is -0.181. The van der Waals surface area contributed by atoms with Crippen molar-refractivity contribution in [1.29, 1.82) is 0 Å². The van der Waals surface area contributed by atoms with E-state index in [4.69, 9.17) is 4.99 Å². The molecule has 2 aliphatic heterocycles. The lowest BCUT2D eigenvalue weighted by Gasteiger charge is -2.39. The normalized spacial score (nSPS) is 23.3. The Morgan fingerprint density at radius 1 is 1.04 bits per heavy atom. The maximum atomic E-state index is 12.9. The number of piperazine rings is 1. The summed E-state index contributed by atoms with van der Waals surface area (Å²) < 4.78 is 38.7. The minimum absolute atomic E-state index is 0.411. The van der Waals surface area contributed by atoms with E-state index in [1.165, 1.54) is 37.8 Å². The largest absolute Gasteiger partial charge is 0.403 e. The molecule has 0 aromatic heterocycles. The highest BCUT2D eigenvalue weighted by Crippen LogP contribution is 2.25. The molecule has 152 valence electrons. The number of rotatable bonds is 6. The van der Waals surface area contributed by atoms with E-state index in [0.29, 0.717) is 32.1 Å². The molecule has 2 saturated heterocycles. The third kappa shape index (κ3) is 6.30. The van der Waals surface area contributed by atoms with Gasteiger partial charge in [0.15, 0.2) is 5.96 Å². The fraction of sp³-hybridized carbons (Fsp3) is 0.944. The van der Waals surface area contributed by atoms with Crippen molar-refractivity contribution >= 4 is 5.96 Å². The quantitative estimate of drug-likeness (QED) is 0.569. The Balaban J connectivity index is 1.84. The van der Waals surface area contributed by atoms with Crippen molar-refractivity contribution in [2.75, 3.05) is 58.9 Å². The summed E-state index contributed by atoms with van der Waals surface area (Å²) in [6.45, 7) is 12.4. The van der Waals surface area contributed by atoms with Crippen LogP contribution in [-0.4, -0.2) is 91.8 Å². The second kappa shape index (κ2) is 9.78. The predicted octanol–water partition coefficient (Wildman–Crippen LogP) is 2.25. The number of hydrogen-bond donors (Lipinski definition) is 1. The lowest BCUT2D eigenvalue weighted by Crippen LogP contribution is -2.56. The van der Waals surface area contributed by atoms with Gasteiger partial charge >= 0.3 is 6.18 Å². The second-order valence-corrected chi connectivity index (χ2v) is 7.55. The van der Waals surface area contributed by atoms with E-state index in [1.54, 1.807) is 0 Å². The molecule has 2 unspecified atom stereocenters. The number of nitrogens with one attached hydrogen (secondary N) is 1. The number of nitrogens with zero attached hydrogens (tertiary/aromatic N) is 4. The number of guanidine groups is 1. The molecule has 2 atom stereocenters. The Morgan fingerprint density at radius 2 is 1.65 bits per heavy atom. The summed E-state index contributed by atoms with van der Waals surface area (Å²) in [7, 11) is 0. The smallest absolute Gasteiger partial charge is 0.357 e. The number of likely N-dealkylation sites (tertiary alicyclic amines) is 1. The molecule has 0 amide bonds. The number of aliphatic imine (C=N–C) groups is 1. The van der Waals surface area contributed by atoms with E-state index in [0.717, 1.165) is 25.6 Å². The van der Waals surface area contributed by atoms with Crippen LogP contribution in [0.4, 0.5) is 13.2 Å². The molecule has 2 rings (SSSR count). The van der Waals surface area contributed by atoms with Crippen LogP contribution in [0.5, 0.6) is 0 Å². The van der Waals surface area contributed by atoms with Crippen molar-refractivity contribution in [3.63, 3.8) is 0 Å². The Kier molecular flexibility index (Phi) is 8.01. The van der Waals surface area contributed by atoms with Crippen LogP contribution >= 0.6 is 0 Å². The molecule has 1 N–H and O–H groups in total. The van der Waals surface area contributed by atoms with Gasteiger partial charge in [-0.05, 0) is 45.7 Å². The molecule has 0 radical (unpaired) electrons. The predicted molar refractivity (Wildman–Crippen MR) is 99.5 cm³/mol. The zero-order valence-corrected chi connectivity index (χ0v) is 16.4. The third-order valence-electron chi connectivity index (χ3n) is 5.29. The van der Waals surface area contributed by atoms with Crippen molar-refractivity contribution in [3.8, 4) is 0 Å². The molecular weight excluding hydrogens is 343 g/mol. The van der Waals surface area contributed by atoms with E-state index < -0.39 is 12.2 Å². The van der Waals surface area contributed by atoms with Gasteiger partial charge in [0, 0.05) is 45.8 Å². The number of hydrogen-bond acceptors (Lipinski definition) is 3. The summed E-state index contributed by atoms with van der Waals surface area (Å²) in [4.78, 5) is 10.9. The number of alkyl halides is 3. The molecule has 0 bridgehead atoms. The lowest BCUT2D eigenvalue weighted by atomic mass is 10.2. The van der Waals surface area contributed by atoms with Crippen LogP contribution in [0.2, 0.25) is 0 Å². The van der Waals surface area contributed by atoms with Crippen LogP contribution in [0.15, 0.2) is 4.99 Å². The molecule has 0 aliphatic carbocycles. The highest BCUT2D eigenvalue weighted by molar-refractivity contribution is 5.80. The second-order valence-electron chi connectivity index (χ2n) is 7.55. The molecule has 26 heavy (non-hydrogen) atoms. The standard InChI is InChI=1S/C18H34F3N5/c1-4-22-17(23-13-15(2)14-24-7-5-6-8-24)26-11-9-25(10-12-26)16(3)18(19,20)21/h15-16H,4-14H2,1-3H3,(H,22,23). The average Bonchev–Trinajstić information content (AvgIpc) is 3.10. The van der Waals surface area contributed by atoms with Gasteiger partial charge in [0.05, 0.1) is 0 Å². The molecule has 2 aliphatic rings. The van der Waals surface area contributed by atoms with Gasteiger partial charge < -0.3 is 15.1 Å². The van der Waals surface area contributed by atoms with Gasteiger partial charge in [-0.15, -0.1) is 0 Å². The average molecular weight is 377 g/mol. The van der Waals surface area contributed by atoms with Crippen LogP contribution < -0.4 is 5.32 Å². The maximum Gasteiger partial charge on any atom is 0.403 e. The molecule has 2 heterocycles. The summed E-state index contributed by atoms with van der Waals surface area (Å²) in [5.74, 6) is 1.31. The van der Waals surface area contributed by atoms with E-state index >= 15 is 0 Å². The van der Waals surface area contributed by atoms with Gasteiger partial charge in [-0.2, -0.15) is 13.2 Å². The first-order valence-electron chi connectivity index (χ1n) is 9.87. The molecule has 8 heteroatoms. The molecule has 0 aromatic rings. The van der Waals surface area contributed by atoms with Crippen molar-refractivity contribution in [1.82, 2.24) is 20.0 Å². The SMILES string of the molecule is CCNC(=NCC(C)CN1CCCC1)N1CCN(C(C)C(F)(F)F)CC1. The van der Waals surface area contributed by atoms with Gasteiger partial charge in [0.25, 0.3) is 0 Å². The molecule has 0 saturated carbocycles. The van der Waals surface area contributed by atoms with Crippen molar-refractivity contribution < 1.29 is 13.2 Å². The summed E-state index contributed by atoms with van der Waals surface area (Å²) in [6.07, 6.45) is -1.58. The van der Waals surface area contributed by atoms with Gasteiger partial charge in [0.2, 0.25) is 0 Å². The highest BCUT2D eigenvalue weighted by atomic mass is 19.4. The van der Waals surface area contributed by atoms with Crippen molar-refractivity contribution in [3.05, 3.63) is 0 Å². The Labute approximate surface area is 155 Å². The zero-order valence-electron chi connectivity index (χ0n) is 16.4. The Morgan fingerprint density at radius 3 is 2.19 bits per heavy atom. The van der Waals surface area contributed by atoms with Crippen molar-refractivity contribution in [2.24, 2.45) is 10.9 Å². The summed E-state index contributed by atoms with van der Waals surface area (Å²) in [6, 6.07) is -1.38. The van der Waals surface area contributed by atoms with Gasteiger partial charge in [-0.1, -0.05) is 6.92 Å². The summed E-state index contributed by atoms with van der Waals surface area (Å²) >= 11 is 0. The fourth-order valence-corrected chi connectivity index (χ4v) is 3.66. The first-order valence-corrected chi connectivity index (χ1v) is 9.87. The maximum absolute atomic E-state index is 12.9. The Hall–Kier alpha value is -1.02. The first kappa shape index (κ1) is 21.3. The Bertz CT molecular complexity index is 441. The van der Waals surface area contributed by atoms with E-state index in [9.17, 15) is 13.2 Å². The van der Waals surface area contributed by atoms with Crippen LogP contribution in [0, 0.1) is 5.92 Å². The third-order valence-corrected chi connectivity index (χ3v) is 5.29. The van der Waals surface area contributed by atoms with Crippen LogP contribution in [0.3, 0.4) is 0 Å². The molecule has 5 nitrogen and oxygen atoms in total. The topological polar surface area (TPSA) is 34.1 Å². The minimum atomic E-state index is -4.16.